The number of ether oxygens (including phenoxy) is 1. The van der Waals surface area contributed by atoms with Crippen LogP contribution in [0.2, 0.25) is 0 Å². The summed E-state index contributed by atoms with van der Waals surface area (Å²) in [5.41, 5.74) is 6.04. The average molecular weight is 372 g/mol. The molecule has 2 aromatic heterocycles. The van der Waals surface area contributed by atoms with Crippen LogP contribution in [0.25, 0.3) is 16.8 Å². The Morgan fingerprint density at radius 1 is 1.04 bits per heavy atom. The average Bonchev–Trinajstić information content (AvgIpc) is 3.05. The van der Waals surface area contributed by atoms with E-state index < -0.39 is 0 Å². The monoisotopic (exact) mass is 372 g/mol. The Morgan fingerprint density at radius 2 is 1.86 bits per heavy atom. The summed E-state index contributed by atoms with van der Waals surface area (Å²) in [5, 5.41) is 8.28. The van der Waals surface area contributed by atoms with E-state index >= 15 is 0 Å². The van der Waals surface area contributed by atoms with Crippen LogP contribution in [0.4, 0.5) is 11.5 Å². The van der Waals surface area contributed by atoms with Crippen LogP contribution in [-0.4, -0.2) is 21.7 Å². The van der Waals surface area contributed by atoms with Gasteiger partial charge in [0.2, 0.25) is 0 Å². The van der Waals surface area contributed by atoms with Crippen LogP contribution >= 0.6 is 0 Å². The molecule has 0 aliphatic heterocycles. The zero-order valence-electron chi connectivity index (χ0n) is 16.4. The third-order valence-electron chi connectivity index (χ3n) is 4.73. The smallest absolute Gasteiger partial charge is 0.165 e. The van der Waals surface area contributed by atoms with Crippen molar-refractivity contribution in [1.29, 1.82) is 0 Å². The highest BCUT2D eigenvalue weighted by molar-refractivity contribution is 5.81. The quantitative estimate of drug-likeness (QED) is 0.492. The molecule has 0 unspecified atom stereocenters. The Balaban J connectivity index is 1.88. The largest absolute Gasteiger partial charge is 0.497 e. The minimum absolute atomic E-state index is 0.811. The molecule has 0 spiro atoms. The summed E-state index contributed by atoms with van der Waals surface area (Å²) in [4.78, 5) is 4.93. The number of hydrogen-bond donors (Lipinski definition) is 1. The molecule has 4 rings (SSSR count). The normalized spacial score (nSPS) is 11.0. The summed E-state index contributed by atoms with van der Waals surface area (Å²) >= 11 is 0. The third kappa shape index (κ3) is 3.43. The van der Waals surface area contributed by atoms with Gasteiger partial charge in [-0.1, -0.05) is 49.7 Å². The van der Waals surface area contributed by atoms with Gasteiger partial charge < -0.3 is 10.1 Å². The molecule has 2 heterocycles. The van der Waals surface area contributed by atoms with E-state index in [1.165, 1.54) is 0 Å². The highest BCUT2D eigenvalue weighted by atomic mass is 16.5. The number of anilines is 2. The summed E-state index contributed by atoms with van der Waals surface area (Å²) in [7, 11) is 1.67. The van der Waals surface area contributed by atoms with E-state index in [4.69, 9.17) is 14.8 Å². The predicted octanol–water partition coefficient (Wildman–Crippen LogP) is 5.41. The second-order valence-corrected chi connectivity index (χ2v) is 6.80. The van der Waals surface area contributed by atoms with Crippen molar-refractivity contribution < 1.29 is 4.74 Å². The van der Waals surface area contributed by atoms with Crippen LogP contribution in [0.1, 0.15) is 24.7 Å². The number of fused-ring (bicyclic) bond motifs is 1. The molecule has 4 aromatic rings. The summed E-state index contributed by atoms with van der Waals surface area (Å²) in [6.07, 6.45) is 1.96. The van der Waals surface area contributed by atoms with Gasteiger partial charge in [-0.2, -0.15) is 9.61 Å². The van der Waals surface area contributed by atoms with Gasteiger partial charge in [-0.05, 0) is 31.0 Å². The van der Waals surface area contributed by atoms with Crippen molar-refractivity contribution in [3.63, 3.8) is 0 Å². The summed E-state index contributed by atoms with van der Waals surface area (Å²) in [6, 6.07) is 20.3. The predicted molar refractivity (Wildman–Crippen MR) is 113 cm³/mol. The zero-order valence-corrected chi connectivity index (χ0v) is 16.4. The van der Waals surface area contributed by atoms with E-state index in [9.17, 15) is 0 Å². The molecule has 5 nitrogen and oxygen atoms in total. The Morgan fingerprint density at radius 3 is 2.61 bits per heavy atom. The van der Waals surface area contributed by atoms with E-state index in [0.717, 1.165) is 58.3 Å². The van der Waals surface area contributed by atoms with E-state index in [2.05, 4.69) is 30.4 Å². The lowest BCUT2D eigenvalue weighted by atomic mass is 10.1. The number of aromatic nitrogens is 3. The van der Waals surface area contributed by atoms with Crippen LogP contribution in [0.5, 0.6) is 5.75 Å². The molecule has 0 saturated carbocycles. The number of aryl methyl sites for hydroxylation is 2. The first kappa shape index (κ1) is 18.0. The Hall–Kier alpha value is -3.34. The van der Waals surface area contributed by atoms with E-state index in [-0.39, 0.29) is 0 Å². The molecule has 0 bridgehead atoms. The fourth-order valence-electron chi connectivity index (χ4n) is 3.44. The molecule has 2 aromatic carbocycles. The van der Waals surface area contributed by atoms with Gasteiger partial charge in [0, 0.05) is 29.1 Å². The second kappa shape index (κ2) is 7.72. The van der Waals surface area contributed by atoms with Crippen molar-refractivity contribution in [2.45, 2.75) is 26.7 Å². The van der Waals surface area contributed by atoms with Gasteiger partial charge in [0.05, 0.1) is 12.8 Å². The molecule has 0 atom stereocenters. The van der Waals surface area contributed by atoms with Gasteiger partial charge in [0.1, 0.15) is 11.6 Å². The van der Waals surface area contributed by atoms with Crippen LogP contribution in [0, 0.1) is 6.92 Å². The number of nitrogens with one attached hydrogen (secondary N) is 1. The standard InChI is InChI=1S/C23H24N4O/c1-4-9-18-15-21(24-19-12-8-13-20(14-19)28-3)27-23(25-18)22(16(2)26-27)17-10-6-5-7-11-17/h5-8,10-15,24H,4,9H2,1-3H3. The van der Waals surface area contributed by atoms with Gasteiger partial charge >= 0.3 is 0 Å². The lowest BCUT2D eigenvalue weighted by molar-refractivity contribution is 0.415. The molecule has 1 N–H and O–H groups in total. The minimum Gasteiger partial charge on any atom is -0.497 e. The second-order valence-electron chi connectivity index (χ2n) is 6.80. The van der Waals surface area contributed by atoms with E-state index in [0.29, 0.717) is 0 Å². The molecular weight excluding hydrogens is 348 g/mol. The maximum absolute atomic E-state index is 5.35. The van der Waals surface area contributed by atoms with Crippen molar-refractivity contribution in [2.24, 2.45) is 0 Å². The number of benzene rings is 2. The van der Waals surface area contributed by atoms with Crippen molar-refractivity contribution in [1.82, 2.24) is 14.6 Å². The number of hydrogen-bond acceptors (Lipinski definition) is 4. The zero-order chi connectivity index (χ0) is 19.5. The molecule has 0 radical (unpaired) electrons. The topological polar surface area (TPSA) is 51.5 Å². The summed E-state index contributed by atoms with van der Waals surface area (Å²) < 4.78 is 7.25. The Kier molecular flexibility index (Phi) is 4.98. The lowest BCUT2D eigenvalue weighted by Gasteiger charge is -2.12. The lowest BCUT2D eigenvalue weighted by Crippen LogP contribution is -2.04. The molecular formula is C23H24N4O. The van der Waals surface area contributed by atoms with Gasteiger partial charge in [0.15, 0.2) is 5.65 Å². The summed E-state index contributed by atoms with van der Waals surface area (Å²) in [5.74, 6) is 1.71. The van der Waals surface area contributed by atoms with Crippen molar-refractivity contribution in [3.05, 3.63) is 72.1 Å². The molecule has 0 aliphatic carbocycles. The van der Waals surface area contributed by atoms with E-state index in [1.54, 1.807) is 7.11 Å². The first-order valence-electron chi connectivity index (χ1n) is 9.55. The molecule has 142 valence electrons. The molecule has 0 amide bonds. The van der Waals surface area contributed by atoms with Crippen LogP contribution < -0.4 is 10.1 Å². The Bertz CT molecular complexity index is 1100. The fraction of sp³-hybridized carbons (Fsp3) is 0.217. The number of nitrogens with zero attached hydrogens (tertiary/aromatic N) is 3. The van der Waals surface area contributed by atoms with Crippen molar-refractivity contribution in [2.75, 3.05) is 12.4 Å². The van der Waals surface area contributed by atoms with Crippen LogP contribution in [0.15, 0.2) is 60.7 Å². The highest BCUT2D eigenvalue weighted by Gasteiger charge is 2.16. The first-order chi connectivity index (χ1) is 13.7. The molecule has 0 aliphatic rings. The van der Waals surface area contributed by atoms with Crippen molar-refractivity contribution in [3.8, 4) is 16.9 Å². The van der Waals surface area contributed by atoms with Crippen LogP contribution in [-0.2, 0) is 6.42 Å². The third-order valence-corrected chi connectivity index (χ3v) is 4.73. The van der Waals surface area contributed by atoms with Gasteiger partial charge in [-0.3, -0.25) is 0 Å². The minimum atomic E-state index is 0.811. The fourth-order valence-corrected chi connectivity index (χ4v) is 3.44. The van der Waals surface area contributed by atoms with Crippen LogP contribution in [0.3, 0.4) is 0 Å². The van der Waals surface area contributed by atoms with E-state index in [1.807, 2.05) is 53.9 Å². The maximum Gasteiger partial charge on any atom is 0.165 e. The number of methoxy groups -OCH3 is 1. The van der Waals surface area contributed by atoms with Gasteiger partial charge in [0.25, 0.3) is 0 Å². The van der Waals surface area contributed by atoms with Gasteiger partial charge in [-0.25, -0.2) is 4.98 Å². The highest BCUT2D eigenvalue weighted by Crippen LogP contribution is 2.30. The summed E-state index contributed by atoms with van der Waals surface area (Å²) in [6.45, 7) is 4.20. The molecule has 0 saturated heterocycles. The molecule has 28 heavy (non-hydrogen) atoms. The SMILES string of the molecule is CCCc1cc(Nc2cccc(OC)c2)n2nc(C)c(-c3ccccc3)c2n1. The van der Waals surface area contributed by atoms with Gasteiger partial charge in [-0.15, -0.1) is 0 Å². The maximum atomic E-state index is 5.35. The number of rotatable bonds is 6. The Labute approximate surface area is 165 Å². The first-order valence-corrected chi connectivity index (χ1v) is 9.55. The molecule has 0 fully saturated rings. The van der Waals surface area contributed by atoms with Crippen molar-refractivity contribution >= 4 is 17.2 Å². The molecule has 5 heteroatoms.